The highest BCUT2D eigenvalue weighted by Gasteiger charge is 2.12. The maximum atomic E-state index is 12.1. The summed E-state index contributed by atoms with van der Waals surface area (Å²) in [6, 6.07) is 9.53. The van der Waals surface area contributed by atoms with Gasteiger partial charge in [0.15, 0.2) is 0 Å². The summed E-state index contributed by atoms with van der Waals surface area (Å²) in [6.45, 7) is 0.395. The molecule has 6 nitrogen and oxygen atoms in total. The molecule has 0 unspecified atom stereocenters. The van der Waals surface area contributed by atoms with Gasteiger partial charge < -0.3 is 14.6 Å². The van der Waals surface area contributed by atoms with Crippen LogP contribution in [0, 0.1) is 0 Å². The topological polar surface area (TPSA) is 77.2 Å². The van der Waals surface area contributed by atoms with Gasteiger partial charge in [-0.15, -0.1) is 11.3 Å². The lowest BCUT2D eigenvalue weighted by Crippen LogP contribution is -2.23. The Morgan fingerprint density at radius 2 is 2.28 bits per heavy atom. The molecule has 1 N–H and O–H groups in total. The average Bonchev–Trinajstić information content (AvgIpc) is 3.29. The number of halogens is 1. The molecular weight excluding hydrogens is 406 g/mol. The molecule has 0 bridgehead atoms. The summed E-state index contributed by atoms with van der Waals surface area (Å²) in [5.74, 6) is 1.67. The van der Waals surface area contributed by atoms with E-state index in [2.05, 4.69) is 31.4 Å². The van der Waals surface area contributed by atoms with E-state index in [1.807, 2.05) is 35.7 Å². The second kappa shape index (κ2) is 8.26. The highest BCUT2D eigenvalue weighted by Crippen LogP contribution is 2.23. The van der Waals surface area contributed by atoms with Crippen molar-refractivity contribution in [3.63, 3.8) is 0 Å². The molecule has 0 saturated heterocycles. The zero-order chi connectivity index (χ0) is 17.6. The summed E-state index contributed by atoms with van der Waals surface area (Å²) >= 11 is 4.96. The Labute approximate surface area is 157 Å². The molecule has 0 aliphatic heterocycles. The molecule has 3 rings (SSSR count). The molecule has 2 heterocycles. The van der Waals surface area contributed by atoms with Crippen LogP contribution < -0.4 is 10.1 Å². The smallest absolute Gasteiger partial charge is 0.227 e. The molecule has 3 aromatic rings. The van der Waals surface area contributed by atoms with Crippen LogP contribution in [0.15, 0.2) is 44.7 Å². The van der Waals surface area contributed by atoms with E-state index in [1.54, 1.807) is 18.4 Å². The van der Waals surface area contributed by atoms with Crippen molar-refractivity contribution in [3.8, 4) is 16.5 Å². The maximum Gasteiger partial charge on any atom is 0.227 e. The molecular formula is C17H16BrN3O3S. The van der Waals surface area contributed by atoms with Gasteiger partial charge in [0.2, 0.25) is 17.6 Å². The number of hydrogen-bond acceptors (Lipinski definition) is 6. The van der Waals surface area contributed by atoms with Gasteiger partial charge in [0, 0.05) is 29.4 Å². The fourth-order valence-electron chi connectivity index (χ4n) is 2.25. The number of benzene rings is 1. The lowest BCUT2D eigenvalue weighted by atomic mass is 10.2. The first-order valence-corrected chi connectivity index (χ1v) is 9.28. The Bertz CT molecular complexity index is 849. The minimum atomic E-state index is -0.0853. The molecule has 0 fully saturated rings. The number of ether oxygens (including phenoxy) is 1. The van der Waals surface area contributed by atoms with Crippen LogP contribution in [0.4, 0.5) is 0 Å². The lowest BCUT2D eigenvalue weighted by Gasteiger charge is -2.10. The number of carbonyl (C=O) groups excluding carboxylic acids is 1. The van der Waals surface area contributed by atoms with E-state index >= 15 is 0 Å². The van der Waals surface area contributed by atoms with Crippen LogP contribution in [-0.4, -0.2) is 23.2 Å². The van der Waals surface area contributed by atoms with Gasteiger partial charge in [-0.25, -0.2) is 0 Å². The third kappa shape index (κ3) is 4.67. The molecule has 0 spiro atoms. The largest absolute Gasteiger partial charge is 0.496 e. The van der Waals surface area contributed by atoms with Crippen LogP contribution in [0.5, 0.6) is 5.75 Å². The molecule has 0 saturated carbocycles. The molecule has 0 atom stereocenters. The third-order valence-corrected chi connectivity index (χ3v) is 4.85. The number of hydrogen-bond donors (Lipinski definition) is 1. The predicted molar refractivity (Wildman–Crippen MR) is 98.5 cm³/mol. The normalized spacial score (nSPS) is 10.6. The number of aryl methyl sites for hydroxylation is 1. The Morgan fingerprint density at radius 3 is 3.04 bits per heavy atom. The van der Waals surface area contributed by atoms with Gasteiger partial charge in [-0.1, -0.05) is 27.2 Å². The van der Waals surface area contributed by atoms with Crippen LogP contribution in [0.2, 0.25) is 0 Å². The van der Waals surface area contributed by atoms with Gasteiger partial charge >= 0.3 is 0 Å². The van der Waals surface area contributed by atoms with Crippen molar-refractivity contribution in [2.24, 2.45) is 0 Å². The Hall–Kier alpha value is -2.19. The van der Waals surface area contributed by atoms with Crippen molar-refractivity contribution >= 4 is 33.2 Å². The second-order valence-corrected chi connectivity index (χ2v) is 7.09. The van der Waals surface area contributed by atoms with Crippen LogP contribution in [0.25, 0.3) is 10.7 Å². The number of carbonyl (C=O) groups is 1. The van der Waals surface area contributed by atoms with E-state index in [-0.39, 0.29) is 12.3 Å². The average molecular weight is 422 g/mol. The van der Waals surface area contributed by atoms with Gasteiger partial charge in [0.05, 0.1) is 12.0 Å². The molecule has 0 aliphatic carbocycles. The molecule has 0 aliphatic rings. The monoisotopic (exact) mass is 421 g/mol. The summed E-state index contributed by atoms with van der Waals surface area (Å²) in [7, 11) is 1.61. The van der Waals surface area contributed by atoms with Crippen molar-refractivity contribution in [1.29, 1.82) is 0 Å². The van der Waals surface area contributed by atoms with Crippen molar-refractivity contribution in [2.45, 2.75) is 19.4 Å². The summed E-state index contributed by atoms with van der Waals surface area (Å²) in [5, 5.41) is 8.76. The summed E-state index contributed by atoms with van der Waals surface area (Å²) < 4.78 is 11.4. The number of rotatable bonds is 7. The number of nitrogens with zero attached hydrogens (tertiary/aromatic N) is 2. The highest BCUT2D eigenvalue weighted by atomic mass is 79.9. The molecule has 1 aromatic carbocycles. The van der Waals surface area contributed by atoms with E-state index in [1.165, 1.54) is 0 Å². The van der Waals surface area contributed by atoms with Gasteiger partial charge in [-0.05, 0) is 29.6 Å². The number of thiophene rings is 1. The molecule has 130 valence electrons. The SMILES string of the molecule is COc1ccc(Br)cc1CNC(=O)CCc1nc(-c2cccs2)no1. The second-order valence-electron chi connectivity index (χ2n) is 5.22. The van der Waals surface area contributed by atoms with Crippen LogP contribution in [-0.2, 0) is 17.8 Å². The first-order valence-electron chi connectivity index (χ1n) is 7.61. The van der Waals surface area contributed by atoms with Crippen LogP contribution in [0.3, 0.4) is 0 Å². The maximum absolute atomic E-state index is 12.1. The highest BCUT2D eigenvalue weighted by molar-refractivity contribution is 9.10. The third-order valence-electron chi connectivity index (χ3n) is 3.49. The molecule has 25 heavy (non-hydrogen) atoms. The van der Waals surface area contributed by atoms with Crippen molar-refractivity contribution in [3.05, 3.63) is 51.6 Å². The first kappa shape index (κ1) is 17.6. The molecule has 2 aromatic heterocycles. The first-order chi connectivity index (χ1) is 12.2. The zero-order valence-corrected chi connectivity index (χ0v) is 15.9. The Balaban J connectivity index is 1.51. The summed E-state index contributed by atoms with van der Waals surface area (Å²) in [5.41, 5.74) is 0.906. The van der Waals surface area contributed by atoms with Crippen molar-refractivity contribution in [1.82, 2.24) is 15.5 Å². The molecule has 8 heteroatoms. The number of aromatic nitrogens is 2. The number of methoxy groups -OCH3 is 1. The molecule has 0 radical (unpaired) electrons. The standard InChI is InChI=1S/C17H16BrN3O3S/c1-23-13-5-4-12(18)9-11(13)10-19-15(22)6-7-16-20-17(21-24-16)14-3-2-8-25-14/h2-5,8-9H,6-7,10H2,1H3,(H,19,22). The number of nitrogens with one attached hydrogen (secondary N) is 1. The fraction of sp³-hybridized carbons (Fsp3) is 0.235. The molecule has 1 amide bonds. The van der Waals surface area contributed by atoms with E-state index in [4.69, 9.17) is 9.26 Å². The van der Waals surface area contributed by atoms with E-state index in [9.17, 15) is 4.79 Å². The van der Waals surface area contributed by atoms with Gasteiger partial charge in [-0.2, -0.15) is 4.98 Å². The van der Waals surface area contributed by atoms with E-state index in [0.29, 0.717) is 24.7 Å². The van der Waals surface area contributed by atoms with Crippen LogP contribution in [0.1, 0.15) is 17.9 Å². The van der Waals surface area contributed by atoms with Crippen LogP contribution >= 0.6 is 27.3 Å². The minimum absolute atomic E-state index is 0.0853. The van der Waals surface area contributed by atoms with E-state index in [0.717, 1.165) is 20.7 Å². The van der Waals surface area contributed by atoms with E-state index < -0.39 is 0 Å². The lowest BCUT2D eigenvalue weighted by molar-refractivity contribution is -0.121. The van der Waals surface area contributed by atoms with Crippen molar-refractivity contribution in [2.75, 3.05) is 7.11 Å². The Morgan fingerprint density at radius 1 is 1.40 bits per heavy atom. The number of amides is 1. The summed E-state index contributed by atoms with van der Waals surface area (Å²) in [4.78, 5) is 17.3. The Kier molecular flexibility index (Phi) is 5.83. The van der Waals surface area contributed by atoms with Crippen molar-refractivity contribution < 1.29 is 14.1 Å². The minimum Gasteiger partial charge on any atom is -0.496 e. The predicted octanol–water partition coefficient (Wildman–Crippen LogP) is 3.82. The fourth-order valence-corrected chi connectivity index (χ4v) is 3.31. The van der Waals surface area contributed by atoms with Gasteiger partial charge in [0.25, 0.3) is 0 Å². The van der Waals surface area contributed by atoms with Gasteiger partial charge in [0.1, 0.15) is 5.75 Å². The zero-order valence-electron chi connectivity index (χ0n) is 13.5. The van der Waals surface area contributed by atoms with Gasteiger partial charge in [-0.3, -0.25) is 4.79 Å². The quantitative estimate of drug-likeness (QED) is 0.627. The summed E-state index contributed by atoms with van der Waals surface area (Å²) in [6.07, 6.45) is 0.683.